The summed E-state index contributed by atoms with van der Waals surface area (Å²) in [7, 11) is 1.65. The molecular formula is C14H21NO3. The highest BCUT2D eigenvalue weighted by Gasteiger charge is 2.12. The molecular weight excluding hydrogens is 230 g/mol. The number of benzene rings is 1. The third kappa shape index (κ3) is 3.74. The summed E-state index contributed by atoms with van der Waals surface area (Å²) < 4.78 is 5.34. The molecule has 0 saturated carbocycles. The smallest absolute Gasteiger partial charge is 0.320 e. The molecule has 0 saturated heterocycles. The van der Waals surface area contributed by atoms with E-state index in [9.17, 15) is 4.79 Å². The molecule has 0 amide bonds. The monoisotopic (exact) mass is 251 g/mol. The summed E-state index contributed by atoms with van der Waals surface area (Å²) in [5, 5.41) is 8.71. The lowest BCUT2D eigenvalue weighted by atomic mass is 9.99. The van der Waals surface area contributed by atoms with Crippen molar-refractivity contribution in [2.75, 3.05) is 7.11 Å². The second kappa shape index (κ2) is 6.40. The molecule has 0 aliphatic heterocycles. The molecule has 100 valence electrons. The van der Waals surface area contributed by atoms with Crippen LogP contribution in [-0.4, -0.2) is 24.2 Å². The van der Waals surface area contributed by atoms with Crippen LogP contribution in [0.5, 0.6) is 5.75 Å². The van der Waals surface area contributed by atoms with Crippen molar-refractivity contribution in [3.8, 4) is 5.75 Å². The Labute approximate surface area is 108 Å². The average Bonchev–Trinajstić information content (AvgIpc) is 2.32. The number of aliphatic carboxylic acids is 1. The maximum atomic E-state index is 10.6. The molecule has 0 radical (unpaired) electrons. The van der Waals surface area contributed by atoms with Gasteiger partial charge in [0.05, 0.1) is 7.11 Å². The highest BCUT2D eigenvalue weighted by atomic mass is 16.5. The van der Waals surface area contributed by atoms with Gasteiger partial charge in [0, 0.05) is 0 Å². The Morgan fingerprint density at radius 2 is 2.00 bits per heavy atom. The normalized spacial score (nSPS) is 12.2. The van der Waals surface area contributed by atoms with E-state index in [4.69, 9.17) is 15.6 Å². The Bertz CT molecular complexity index is 429. The van der Waals surface area contributed by atoms with Crippen molar-refractivity contribution in [2.24, 2.45) is 5.73 Å². The van der Waals surface area contributed by atoms with Crippen LogP contribution in [0.4, 0.5) is 0 Å². The van der Waals surface area contributed by atoms with E-state index in [0.29, 0.717) is 6.42 Å². The van der Waals surface area contributed by atoms with Gasteiger partial charge in [0.1, 0.15) is 11.8 Å². The molecule has 1 atom stereocenters. The van der Waals surface area contributed by atoms with Crippen molar-refractivity contribution in [2.45, 2.75) is 39.2 Å². The van der Waals surface area contributed by atoms with Crippen LogP contribution in [-0.2, 0) is 11.2 Å². The fraction of sp³-hybridized carbons (Fsp3) is 0.500. The number of aryl methyl sites for hydroxylation is 3. The molecule has 1 rings (SSSR count). The molecule has 0 aliphatic rings. The van der Waals surface area contributed by atoms with Gasteiger partial charge in [-0.3, -0.25) is 4.79 Å². The molecule has 4 nitrogen and oxygen atoms in total. The second-order valence-corrected chi connectivity index (χ2v) is 4.59. The number of methoxy groups -OCH3 is 1. The molecule has 1 aromatic carbocycles. The Hall–Kier alpha value is -1.55. The summed E-state index contributed by atoms with van der Waals surface area (Å²) in [6.07, 6.45) is 2.00. The van der Waals surface area contributed by atoms with E-state index in [1.165, 1.54) is 11.1 Å². The number of hydrogen-bond donors (Lipinski definition) is 2. The highest BCUT2D eigenvalue weighted by Crippen LogP contribution is 2.24. The quantitative estimate of drug-likeness (QED) is 0.811. The van der Waals surface area contributed by atoms with Gasteiger partial charge in [0.15, 0.2) is 0 Å². The number of nitrogens with two attached hydrogens (primary N) is 1. The van der Waals surface area contributed by atoms with Crippen molar-refractivity contribution in [1.82, 2.24) is 0 Å². The largest absolute Gasteiger partial charge is 0.496 e. The maximum absolute atomic E-state index is 10.6. The summed E-state index contributed by atoms with van der Waals surface area (Å²) in [5.41, 5.74) is 8.99. The lowest BCUT2D eigenvalue weighted by Crippen LogP contribution is -2.29. The summed E-state index contributed by atoms with van der Waals surface area (Å²) in [4.78, 5) is 10.6. The van der Waals surface area contributed by atoms with Crippen molar-refractivity contribution < 1.29 is 14.6 Å². The van der Waals surface area contributed by atoms with Crippen LogP contribution in [0.2, 0.25) is 0 Å². The molecule has 0 heterocycles. The summed E-state index contributed by atoms with van der Waals surface area (Å²) in [6.45, 7) is 4.10. The third-order valence-corrected chi connectivity index (χ3v) is 3.18. The zero-order valence-corrected chi connectivity index (χ0v) is 11.2. The number of carboxylic acids is 1. The lowest BCUT2D eigenvalue weighted by Gasteiger charge is -2.12. The van der Waals surface area contributed by atoms with Crippen LogP contribution in [0.15, 0.2) is 12.1 Å². The number of carboxylic acid groups (broad SMARTS) is 1. The molecule has 0 aliphatic carbocycles. The van der Waals surface area contributed by atoms with E-state index in [1.54, 1.807) is 7.11 Å². The molecule has 0 aromatic heterocycles. The van der Waals surface area contributed by atoms with E-state index in [2.05, 4.69) is 13.0 Å². The molecule has 4 heteroatoms. The minimum absolute atomic E-state index is 0.478. The standard InChI is InChI=1S/C14H21NO3/c1-9-7-11(13(18-3)8-10(9)2)5-4-6-12(15)14(16)17/h7-8,12H,4-6,15H2,1-3H3,(H,16,17). The summed E-state index contributed by atoms with van der Waals surface area (Å²) >= 11 is 0. The van der Waals surface area contributed by atoms with Crippen LogP contribution in [0.3, 0.4) is 0 Å². The van der Waals surface area contributed by atoms with Gasteiger partial charge >= 0.3 is 5.97 Å². The zero-order chi connectivity index (χ0) is 13.7. The number of carbonyl (C=O) groups is 1. The lowest BCUT2D eigenvalue weighted by molar-refractivity contribution is -0.138. The Kier molecular flexibility index (Phi) is 5.16. The van der Waals surface area contributed by atoms with Gasteiger partial charge in [-0.2, -0.15) is 0 Å². The van der Waals surface area contributed by atoms with Gasteiger partial charge in [-0.05, 0) is 55.9 Å². The Balaban J connectivity index is 2.67. The topological polar surface area (TPSA) is 72.5 Å². The molecule has 0 bridgehead atoms. The van der Waals surface area contributed by atoms with Crippen LogP contribution in [0, 0.1) is 13.8 Å². The van der Waals surface area contributed by atoms with Crippen molar-refractivity contribution in [3.05, 3.63) is 28.8 Å². The predicted octanol–water partition coefficient (Wildman–Crippen LogP) is 2.05. The van der Waals surface area contributed by atoms with Gasteiger partial charge < -0.3 is 15.6 Å². The van der Waals surface area contributed by atoms with E-state index in [1.807, 2.05) is 13.0 Å². The first-order valence-corrected chi connectivity index (χ1v) is 6.08. The Morgan fingerprint density at radius 1 is 1.39 bits per heavy atom. The first-order chi connectivity index (χ1) is 8.45. The summed E-state index contributed by atoms with van der Waals surface area (Å²) in [6, 6.07) is 3.34. The minimum atomic E-state index is -0.943. The first kappa shape index (κ1) is 14.5. The SMILES string of the molecule is COc1cc(C)c(C)cc1CCCC(N)C(=O)O. The molecule has 3 N–H and O–H groups in total. The third-order valence-electron chi connectivity index (χ3n) is 3.18. The molecule has 0 fully saturated rings. The van der Waals surface area contributed by atoms with Crippen molar-refractivity contribution >= 4 is 5.97 Å². The zero-order valence-electron chi connectivity index (χ0n) is 11.2. The molecule has 18 heavy (non-hydrogen) atoms. The Morgan fingerprint density at radius 3 is 2.56 bits per heavy atom. The van der Waals surface area contributed by atoms with E-state index >= 15 is 0 Å². The van der Waals surface area contributed by atoms with Crippen LogP contribution < -0.4 is 10.5 Å². The number of rotatable bonds is 6. The minimum Gasteiger partial charge on any atom is -0.496 e. The maximum Gasteiger partial charge on any atom is 0.320 e. The average molecular weight is 251 g/mol. The van der Waals surface area contributed by atoms with Crippen LogP contribution in [0.25, 0.3) is 0 Å². The fourth-order valence-electron chi connectivity index (χ4n) is 1.87. The van der Waals surface area contributed by atoms with Crippen molar-refractivity contribution in [3.63, 3.8) is 0 Å². The van der Waals surface area contributed by atoms with Gasteiger partial charge in [-0.15, -0.1) is 0 Å². The fourth-order valence-corrected chi connectivity index (χ4v) is 1.87. The van der Waals surface area contributed by atoms with Gasteiger partial charge in [0.25, 0.3) is 0 Å². The van der Waals surface area contributed by atoms with Crippen LogP contribution in [0.1, 0.15) is 29.5 Å². The van der Waals surface area contributed by atoms with Gasteiger partial charge in [0.2, 0.25) is 0 Å². The van der Waals surface area contributed by atoms with E-state index < -0.39 is 12.0 Å². The van der Waals surface area contributed by atoms with Gasteiger partial charge in [-0.25, -0.2) is 0 Å². The van der Waals surface area contributed by atoms with E-state index in [-0.39, 0.29) is 0 Å². The molecule has 1 aromatic rings. The van der Waals surface area contributed by atoms with Crippen molar-refractivity contribution in [1.29, 1.82) is 0 Å². The summed E-state index contributed by atoms with van der Waals surface area (Å²) in [5.74, 6) is -0.0796. The number of hydrogen-bond acceptors (Lipinski definition) is 3. The molecule has 1 unspecified atom stereocenters. The van der Waals surface area contributed by atoms with Gasteiger partial charge in [-0.1, -0.05) is 6.07 Å². The first-order valence-electron chi connectivity index (χ1n) is 6.08. The van der Waals surface area contributed by atoms with E-state index in [0.717, 1.165) is 24.2 Å². The second-order valence-electron chi connectivity index (χ2n) is 4.59. The predicted molar refractivity (Wildman–Crippen MR) is 71.0 cm³/mol. The van der Waals surface area contributed by atoms with Crippen LogP contribution >= 0.6 is 0 Å². The highest BCUT2D eigenvalue weighted by molar-refractivity contribution is 5.72. The molecule has 0 spiro atoms. The number of ether oxygens (including phenoxy) is 1.